The minimum Gasteiger partial charge on any atom is -0.392 e. The fourth-order valence-corrected chi connectivity index (χ4v) is 3.32. The summed E-state index contributed by atoms with van der Waals surface area (Å²) < 4.78 is 1.80. The highest BCUT2D eigenvalue weighted by molar-refractivity contribution is 5.01. The van der Waals surface area contributed by atoms with Crippen molar-refractivity contribution in [3.05, 3.63) is 18.0 Å². The van der Waals surface area contributed by atoms with Gasteiger partial charge in [0, 0.05) is 19.7 Å². The zero-order valence-electron chi connectivity index (χ0n) is 12.8. The van der Waals surface area contributed by atoms with Gasteiger partial charge in [0.1, 0.15) is 0 Å². The summed E-state index contributed by atoms with van der Waals surface area (Å²) in [6, 6.07) is 2.00. The molecule has 1 aromatic heterocycles. The zero-order chi connectivity index (χ0) is 14.0. The Kier molecular flexibility index (Phi) is 4.34. The van der Waals surface area contributed by atoms with Crippen LogP contribution < -0.4 is 0 Å². The van der Waals surface area contributed by atoms with E-state index in [1.54, 1.807) is 4.68 Å². The van der Waals surface area contributed by atoms with Gasteiger partial charge in [0.2, 0.25) is 0 Å². The van der Waals surface area contributed by atoms with Crippen molar-refractivity contribution in [3.8, 4) is 0 Å². The van der Waals surface area contributed by atoms with Gasteiger partial charge in [-0.15, -0.1) is 0 Å². The average Bonchev–Trinajstić information content (AvgIpc) is 2.74. The van der Waals surface area contributed by atoms with Crippen LogP contribution >= 0.6 is 0 Å². The number of aryl methyl sites for hydroxylation is 1. The summed E-state index contributed by atoms with van der Waals surface area (Å²) in [5.41, 5.74) is 1.42. The van der Waals surface area contributed by atoms with Crippen molar-refractivity contribution in [1.82, 2.24) is 9.78 Å². The van der Waals surface area contributed by atoms with Crippen LogP contribution in [0.25, 0.3) is 0 Å². The normalized spacial score (nSPS) is 26.4. The molecule has 19 heavy (non-hydrogen) atoms. The lowest BCUT2D eigenvalue weighted by atomic mass is 9.68. The number of aromatic nitrogens is 2. The number of rotatable bonds is 3. The maximum atomic E-state index is 10.4. The molecule has 1 N–H and O–H groups in total. The van der Waals surface area contributed by atoms with Gasteiger partial charge >= 0.3 is 0 Å². The molecule has 0 aliphatic heterocycles. The van der Waals surface area contributed by atoms with E-state index in [1.165, 1.54) is 12.8 Å². The van der Waals surface area contributed by atoms with Gasteiger partial charge in [0.25, 0.3) is 0 Å². The van der Waals surface area contributed by atoms with Crippen LogP contribution in [0, 0.1) is 17.3 Å². The molecule has 2 rings (SSSR count). The largest absolute Gasteiger partial charge is 0.392 e. The molecule has 0 saturated heterocycles. The van der Waals surface area contributed by atoms with Crippen LogP contribution in [-0.4, -0.2) is 21.0 Å². The minimum absolute atomic E-state index is 0.226. The SMILES string of the molecule is Cn1ccc(CC(O)C2CCC(C(C)(C)C)CC2)n1. The number of aliphatic hydroxyl groups is 1. The Hall–Kier alpha value is -0.830. The van der Waals surface area contributed by atoms with E-state index in [0.717, 1.165) is 24.5 Å². The molecule has 3 nitrogen and oxygen atoms in total. The van der Waals surface area contributed by atoms with Crippen LogP contribution in [0.1, 0.15) is 52.1 Å². The molecule has 1 saturated carbocycles. The Morgan fingerprint density at radius 3 is 2.42 bits per heavy atom. The molecule has 108 valence electrons. The topological polar surface area (TPSA) is 38.0 Å². The number of hydrogen-bond donors (Lipinski definition) is 1. The lowest BCUT2D eigenvalue weighted by Crippen LogP contribution is -2.31. The van der Waals surface area contributed by atoms with Gasteiger partial charge in [-0.1, -0.05) is 20.8 Å². The molecule has 1 aliphatic carbocycles. The standard InChI is InChI=1S/C16H28N2O/c1-16(2,3)13-7-5-12(6-8-13)15(19)11-14-9-10-18(4)17-14/h9-10,12-13,15,19H,5-8,11H2,1-4H3. The lowest BCUT2D eigenvalue weighted by molar-refractivity contribution is 0.0530. The molecule has 3 heteroatoms. The molecule has 0 bridgehead atoms. The molecule has 1 heterocycles. The fraction of sp³-hybridized carbons (Fsp3) is 0.812. The molecule has 1 unspecified atom stereocenters. The second-order valence-corrected chi connectivity index (χ2v) is 7.23. The van der Waals surface area contributed by atoms with E-state index in [-0.39, 0.29) is 6.10 Å². The Morgan fingerprint density at radius 1 is 1.32 bits per heavy atom. The second kappa shape index (κ2) is 5.66. The maximum absolute atomic E-state index is 10.4. The van der Waals surface area contributed by atoms with Crippen molar-refractivity contribution in [2.75, 3.05) is 0 Å². The van der Waals surface area contributed by atoms with E-state index in [0.29, 0.717) is 17.8 Å². The molecule has 0 spiro atoms. The van der Waals surface area contributed by atoms with Gasteiger partial charge in [0.05, 0.1) is 11.8 Å². The third-order valence-corrected chi connectivity index (χ3v) is 4.73. The van der Waals surface area contributed by atoms with Crippen molar-refractivity contribution in [2.24, 2.45) is 24.3 Å². The molecule has 0 radical (unpaired) electrons. The molecular weight excluding hydrogens is 236 g/mol. The van der Waals surface area contributed by atoms with Crippen molar-refractivity contribution >= 4 is 0 Å². The predicted molar refractivity (Wildman–Crippen MR) is 77.8 cm³/mol. The summed E-state index contributed by atoms with van der Waals surface area (Å²) >= 11 is 0. The van der Waals surface area contributed by atoms with Gasteiger partial charge in [-0.25, -0.2) is 0 Å². The van der Waals surface area contributed by atoms with Crippen molar-refractivity contribution < 1.29 is 5.11 Å². The van der Waals surface area contributed by atoms with Gasteiger partial charge in [-0.05, 0) is 49.0 Å². The molecule has 0 amide bonds. The average molecular weight is 264 g/mol. The maximum Gasteiger partial charge on any atom is 0.0650 e. The van der Waals surface area contributed by atoms with Gasteiger partial charge in [-0.3, -0.25) is 4.68 Å². The van der Waals surface area contributed by atoms with Crippen molar-refractivity contribution in [1.29, 1.82) is 0 Å². The van der Waals surface area contributed by atoms with Gasteiger partial charge in [0.15, 0.2) is 0 Å². The lowest BCUT2D eigenvalue weighted by Gasteiger charge is -2.38. The minimum atomic E-state index is -0.226. The van der Waals surface area contributed by atoms with Crippen LogP contribution in [0.3, 0.4) is 0 Å². The van der Waals surface area contributed by atoms with Crippen LogP contribution in [0.4, 0.5) is 0 Å². The van der Waals surface area contributed by atoms with Crippen LogP contribution in [0.15, 0.2) is 12.3 Å². The van der Waals surface area contributed by atoms with Gasteiger partial charge < -0.3 is 5.11 Å². The Labute approximate surface area is 117 Å². The number of nitrogens with zero attached hydrogens (tertiary/aromatic N) is 2. The monoisotopic (exact) mass is 264 g/mol. The first-order chi connectivity index (χ1) is 8.86. The molecule has 1 atom stereocenters. The summed E-state index contributed by atoms with van der Waals surface area (Å²) in [5, 5.41) is 14.7. The van der Waals surface area contributed by atoms with Crippen molar-refractivity contribution in [2.45, 2.75) is 59.0 Å². The summed E-state index contributed by atoms with van der Waals surface area (Å²) in [5.74, 6) is 1.27. The smallest absolute Gasteiger partial charge is 0.0650 e. The first-order valence-corrected chi connectivity index (χ1v) is 7.53. The second-order valence-electron chi connectivity index (χ2n) is 7.23. The predicted octanol–water partition coefficient (Wildman–Crippen LogP) is 3.18. The van der Waals surface area contributed by atoms with E-state index in [9.17, 15) is 5.11 Å². The Morgan fingerprint density at radius 2 is 1.95 bits per heavy atom. The van der Waals surface area contributed by atoms with E-state index in [1.807, 2.05) is 19.3 Å². The Balaban J connectivity index is 1.84. The summed E-state index contributed by atoms with van der Waals surface area (Å²) in [6.45, 7) is 7.01. The molecular formula is C16H28N2O. The van der Waals surface area contributed by atoms with Gasteiger partial charge in [-0.2, -0.15) is 5.10 Å². The first kappa shape index (κ1) is 14.6. The fourth-order valence-electron chi connectivity index (χ4n) is 3.32. The summed E-state index contributed by atoms with van der Waals surface area (Å²) in [4.78, 5) is 0. The molecule has 1 aliphatic rings. The highest BCUT2D eigenvalue weighted by atomic mass is 16.3. The molecule has 1 fully saturated rings. The van der Waals surface area contributed by atoms with Crippen LogP contribution in [0.2, 0.25) is 0 Å². The van der Waals surface area contributed by atoms with E-state index in [4.69, 9.17) is 0 Å². The first-order valence-electron chi connectivity index (χ1n) is 7.53. The molecule has 0 aromatic carbocycles. The summed E-state index contributed by atoms with van der Waals surface area (Å²) in [6.07, 6.45) is 7.26. The van der Waals surface area contributed by atoms with E-state index < -0.39 is 0 Å². The highest BCUT2D eigenvalue weighted by Crippen LogP contribution is 2.40. The quantitative estimate of drug-likeness (QED) is 0.910. The summed E-state index contributed by atoms with van der Waals surface area (Å²) in [7, 11) is 1.92. The van der Waals surface area contributed by atoms with Crippen molar-refractivity contribution in [3.63, 3.8) is 0 Å². The number of aliphatic hydroxyl groups excluding tert-OH is 1. The van der Waals surface area contributed by atoms with Crippen LogP contribution in [-0.2, 0) is 13.5 Å². The number of hydrogen-bond acceptors (Lipinski definition) is 2. The Bertz CT molecular complexity index is 397. The third-order valence-electron chi connectivity index (χ3n) is 4.73. The third kappa shape index (κ3) is 3.82. The van der Waals surface area contributed by atoms with E-state index in [2.05, 4.69) is 25.9 Å². The van der Waals surface area contributed by atoms with E-state index >= 15 is 0 Å². The highest BCUT2D eigenvalue weighted by Gasteiger charge is 2.32. The van der Waals surface area contributed by atoms with Crippen LogP contribution in [0.5, 0.6) is 0 Å². The molecule has 1 aromatic rings. The zero-order valence-corrected chi connectivity index (χ0v) is 12.8.